The molecular weight excluding hydrogens is 200 g/mol. The second-order valence-electron chi connectivity index (χ2n) is 4.45. The molecule has 1 heterocycles. The number of anilines is 1. The topological polar surface area (TPSA) is 24.5 Å². The van der Waals surface area contributed by atoms with E-state index in [0.29, 0.717) is 6.10 Å². The molecule has 1 atom stereocenters. The minimum atomic E-state index is 0.304. The molecule has 1 saturated heterocycles. The summed E-state index contributed by atoms with van der Waals surface area (Å²) in [6, 6.07) is 8.35. The molecule has 0 saturated carbocycles. The lowest BCUT2D eigenvalue weighted by molar-refractivity contribution is -0.0117. The fourth-order valence-electron chi connectivity index (χ4n) is 1.99. The van der Waals surface area contributed by atoms with E-state index < -0.39 is 0 Å². The van der Waals surface area contributed by atoms with Crippen LogP contribution in [-0.2, 0) is 4.74 Å². The van der Waals surface area contributed by atoms with Crippen LogP contribution in [0.5, 0.6) is 0 Å². The number of morpholine rings is 1. The van der Waals surface area contributed by atoms with Crippen LogP contribution in [0.3, 0.4) is 0 Å². The summed E-state index contributed by atoms with van der Waals surface area (Å²) in [7, 11) is 2.14. The third-order valence-electron chi connectivity index (χ3n) is 3.01. The first kappa shape index (κ1) is 11.4. The van der Waals surface area contributed by atoms with Gasteiger partial charge in [-0.15, -0.1) is 0 Å². The van der Waals surface area contributed by atoms with Crippen molar-refractivity contribution in [1.82, 2.24) is 4.90 Å². The fraction of sp³-hybridized carbons (Fsp3) is 0.538. The molecule has 0 bridgehead atoms. The summed E-state index contributed by atoms with van der Waals surface area (Å²) in [5.74, 6) is 0. The number of benzene rings is 1. The monoisotopic (exact) mass is 220 g/mol. The highest BCUT2D eigenvalue weighted by Gasteiger charge is 2.17. The van der Waals surface area contributed by atoms with Crippen LogP contribution in [0.15, 0.2) is 24.3 Å². The van der Waals surface area contributed by atoms with Crippen LogP contribution >= 0.6 is 0 Å². The molecule has 1 unspecified atom stereocenters. The van der Waals surface area contributed by atoms with Gasteiger partial charge < -0.3 is 15.0 Å². The van der Waals surface area contributed by atoms with Crippen LogP contribution in [-0.4, -0.2) is 44.3 Å². The second-order valence-corrected chi connectivity index (χ2v) is 4.45. The first-order valence-corrected chi connectivity index (χ1v) is 5.85. The average Bonchev–Trinajstić information content (AvgIpc) is 2.28. The van der Waals surface area contributed by atoms with Gasteiger partial charge in [0.25, 0.3) is 0 Å². The number of rotatable bonds is 3. The minimum absolute atomic E-state index is 0.304. The molecule has 16 heavy (non-hydrogen) atoms. The van der Waals surface area contributed by atoms with Crippen molar-refractivity contribution in [3.63, 3.8) is 0 Å². The normalized spacial score (nSPS) is 22.0. The SMILES string of the molecule is Cc1ccccc1NCC1CN(C)CCO1. The number of hydrogen-bond acceptors (Lipinski definition) is 3. The summed E-state index contributed by atoms with van der Waals surface area (Å²) in [6.07, 6.45) is 0.304. The number of nitrogens with zero attached hydrogens (tertiary/aromatic N) is 1. The number of likely N-dealkylation sites (N-methyl/N-ethyl adjacent to an activating group) is 1. The molecule has 1 N–H and O–H groups in total. The molecule has 0 amide bonds. The Balaban J connectivity index is 1.85. The van der Waals surface area contributed by atoms with Crippen LogP contribution in [0.4, 0.5) is 5.69 Å². The Kier molecular flexibility index (Phi) is 3.80. The van der Waals surface area contributed by atoms with Crippen LogP contribution in [0, 0.1) is 6.92 Å². The van der Waals surface area contributed by atoms with Gasteiger partial charge in [0, 0.05) is 25.3 Å². The highest BCUT2D eigenvalue weighted by molar-refractivity contribution is 5.50. The van der Waals surface area contributed by atoms with Crippen LogP contribution < -0.4 is 5.32 Å². The largest absolute Gasteiger partial charge is 0.382 e. The molecule has 1 fully saturated rings. The quantitative estimate of drug-likeness (QED) is 0.839. The third-order valence-corrected chi connectivity index (χ3v) is 3.01. The highest BCUT2D eigenvalue weighted by atomic mass is 16.5. The van der Waals surface area contributed by atoms with Gasteiger partial charge in [0.15, 0.2) is 0 Å². The van der Waals surface area contributed by atoms with Gasteiger partial charge in [-0.25, -0.2) is 0 Å². The maximum Gasteiger partial charge on any atom is 0.0874 e. The summed E-state index contributed by atoms with van der Waals surface area (Å²) in [6.45, 7) is 5.90. The van der Waals surface area contributed by atoms with Gasteiger partial charge in [-0.3, -0.25) is 0 Å². The van der Waals surface area contributed by atoms with E-state index >= 15 is 0 Å². The average molecular weight is 220 g/mol. The van der Waals surface area contributed by atoms with Crippen LogP contribution in [0.2, 0.25) is 0 Å². The predicted octanol–water partition coefficient (Wildman–Crippen LogP) is 1.74. The van der Waals surface area contributed by atoms with Crippen molar-refractivity contribution in [2.24, 2.45) is 0 Å². The number of ether oxygens (including phenoxy) is 1. The molecule has 1 aromatic carbocycles. The van der Waals surface area contributed by atoms with E-state index in [4.69, 9.17) is 4.74 Å². The Labute approximate surface area is 97.4 Å². The lowest BCUT2D eigenvalue weighted by atomic mass is 10.2. The maximum absolute atomic E-state index is 5.71. The summed E-state index contributed by atoms with van der Waals surface area (Å²) in [5, 5.41) is 3.45. The third kappa shape index (κ3) is 2.97. The molecule has 1 aliphatic rings. The van der Waals surface area contributed by atoms with Gasteiger partial charge in [-0.2, -0.15) is 0 Å². The highest BCUT2D eigenvalue weighted by Crippen LogP contribution is 2.13. The summed E-state index contributed by atoms with van der Waals surface area (Å²) in [5.41, 5.74) is 2.49. The zero-order valence-electron chi connectivity index (χ0n) is 10.1. The smallest absolute Gasteiger partial charge is 0.0874 e. The number of aryl methyl sites for hydroxylation is 1. The molecule has 3 nitrogen and oxygen atoms in total. The van der Waals surface area contributed by atoms with E-state index in [1.54, 1.807) is 0 Å². The maximum atomic E-state index is 5.71. The first-order valence-electron chi connectivity index (χ1n) is 5.85. The van der Waals surface area contributed by atoms with E-state index in [2.05, 4.69) is 48.5 Å². The van der Waals surface area contributed by atoms with Crippen LogP contribution in [0.1, 0.15) is 5.56 Å². The Morgan fingerprint density at radius 2 is 2.25 bits per heavy atom. The van der Waals surface area contributed by atoms with E-state index in [1.165, 1.54) is 11.3 Å². The van der Waals surface area contributed by atoms with Crippen LogP contribution in [0.25, 0.3) is 0 Å². The van der Waals surface area contributed by atoms with Gasteiger partial charge in [0.2, 0.25) is 0 Å². The molecule has 1 aromatic rings. The molecule has 2 rings (SSSR count). The van der Waals surface area contributed by atoms with Crippen molar-refractivity contribution < 1.29 is 4.74 Å². The molecule has 0 aromatic heterocycles. The van der Waals surface area contributed by atoms with Crippen molar-refractivity contribution in [2.75, 3.05) is 38.6 Å². The lowest BCUT2D eigenvalue weighted by Crippen LogP contribution is -2.43. The van der Waals surface area contributed by atoms with Gasteiger partial charge in [-0.1, -0.05) is 18.2 Å². The molecular formula is C13H20N2O. The fourth-order valence-corrected chi connectivity index (χ4v) is 1.99. The summed E-state index contributed by atoms with van der Waals surface area (Å²) < 4.78 is 5.71. The van der Waals surface area contributed by atoms with Gasteiger partial charge in [-0.05, 0) is 25.6 Å². The zero-order valence-corrected chi connectivity index (χ0v) is 10.1. The van der Waals surface area contributed by atoms with E-state index in [-0.39, 0.29) is 0 Å². The molecule has 3 heteroatoms. The van der Waals surface area contributed by atoms with Crippen molar-refractivity contribution in [2.45, 2.75) is 13.0 Å². The van der Waals surface area contributed by atoms with Crippen molar-refractivity contribution in [3.8, 4) is 0 Å². The van der Waals surface area contributed by atoms with Gasteiger partial charge in [0.1, 0.15) is 0 Å². The summed E-state index contributed by atoms with van der Waals surface area (Å²) >= 11 is 0. The van der Waals surface area contributed by atoms with Crippen molar-refractivity contribution in [3.05, 3.63) is 29.8 Å². The van der Waals surface area contributed by atoms with Gasteiger partial charge >= 0.3 is 0 Å². The second kappa shape index (κ2) is 5.32. The lowest BCUT2D eigenvalue weighted by Gasteiger charge is -2.30. The molecule has 0 radical (unpaired) electrons. The van der Waals surface area contributed by atoms with E-state index in [1.807, 2.05) is 0 Å². The number of nitrogens with one attached hydrogen (secondary N) is 1. The van der Waals surface area contributed by atoms with Gasteiger partial charge in [0.05, 0.1) is 12.7 Å². The molecule has 1 aliphatic heterocycles. The van der Waals surface area contributed by atoms with Crippen molar-refractivity contribution in [1.29, 1.82) is 0 Å². The zero-order chi connectivity index (χ0) is 11.4. The summed E-state index contributed by atoms with van der Waals surface area (Å²) in [4.78, 5) is 2.31. The Morgan fingerprint density at radius 3 is 3.00 bits per heavy atom. The molecule has 0 spiro atoms. The molecule has 0 aliphatic carbocycles. The first-order chi connectivity index (χ1) is 7.75. The van der Waals surface area contributed by atoms with E-state index in [0.717, 1.165) is 26.2 Å². The Hall–Kier alpha value is -1.06. The molecule has 88 valence electrons. The standard InChI is InChI=1S/C13H20N2O/c1-11-5-3-4-6-13(11)14-9-12-10-15(2)7-8-16-12/h3-6,12,14H,7-10H2,1-2H3. The Bertz CT molecular complexity index is 340. The van der Waals surface area contributed by atoms with E-state index in [9.17, 15) is 0 Å². The van der Waals surface area contributed by atoms with Crippen molar-refractivity contribution >= 4 is 5.69 Å². The number of para-hydroxylation sites is 1. The Morgan fingerprint density at radius 1 is 1.44 bits per heavy atom. The number of hydrogen-bond donors (Lipinski definition) is 1. The minimum Gasteiger partial charge on any atom is -0.382 e. The predicted molar refractivity (Wildman–Crippen MR) is 66.9 cm³/mol.